The van der Waals surface area contributed by atoms with Gasteiger partial charge in [-0.2, -0.15) is 0 Å². The molecule has 0 saturated heterocycles. The fourth-order valence-electron chi connectivity index (χ4n) is 2.05. The standard InChI is InChI=1S/C13H17NOS/c1-14-13(15)10-5-4-8-12(9-10)16-11-6-2-3-7-11/h4-5,8-9,11H,2-3,6-7H2,1H3,(H,14,15). The first-order chi connectivity index (χ1) is 7.79. The second-order valence-electron chi connectivity index (χ2n) is 4.13. The van der Waals surface area contributed by atoms with E-state index in [1.165, 1.54) is 30.6 Å². The van der Waals surface area contributed by atoms with Crippen molar-refractivity contribution in [1.82, 2.24) is 5.32 Å². The molecule has 3 heteroatoms. The van der Waals surface area contributed by atoms with Gasteiger partial charge in [0.1, 0.15) is 0 Å². The van der Waals surface area contributed by atoms with Crippen LogP contribution in [-0.4, -0.2) is 18.2 Å². The second-order valence-corrected chi connectivity index (χ2v) is 5.51. The van der Waals surface area contributed by atoms with Crippen LogP contribution in [0, 0.1) is 0 Å². The third-order valence-corrected chi connectivity index (χ3v) is 4.26. The number of nitrogens with one attached hydrogen (secondary N) is 1. The lowest BCUT2D eigenvalue weighted by Crippen LogP contribution is -2.17. The Balaban J connectivity index is 2.06. The molecular weight excluding hydrogens is 218 g/mol. The van der Waals surface area contributed by atoms with Crippen molar-refractivity contribution in [3.8, 4) is 0 Å². The molecule has 1 aromatic rings. The average molecular weight is 235 g/mol. The predicted octanol–water partition coefficient (Wildman–Crippen LogP) is 3.08. The molecule has 2 rings (SSSR count). The predicted molar refractivity (Wildman–Crippen MR) is 67.9 cm³/mol. The molecule has 1 aliphatic carbocycles. The molecule has 0 aromatic heterocycles. The van der Waals surface area contributed by atoms with Crippen LogP contribution in [0.3, 0.4) is 0 Å². The Kier molecular flexibility index (Phi) is 3.88. The molecule has 0 atom stereocenters. The van der Waals surface area contributed by atoms with E-state index >= 15 is 0 Å². The van der Waals surface area contributed by atoms with Crippen molar-refractivity contribution < 1.29 is 4.79 Å². The van der Waals surface area contributed by atoms with Gasteiger partial charge in [-0.15, -0.1) is 11.8 Å². The van der Waals surface area contributed by atoms with E-state index in [0.717, 1.165) is 10.8 Å². The second kappa shape index (κ2) is 5.39. The number of amides is 1. The number of carbonyl (C=O) groups excluding carboxylic acids is 1. The van der Waals surface area contributed by atoms with E-state index in [1.54, 1.807) is 7.05 Å². The van der Waals surface area contributed by atoms with Gasteiger partial charge in [0.15, 0.2) is 0 Å². The highest BCUT2D eigenvalue weighted by molar-refractivity contribution is 8.00. The third kappa shape index (κ3) is 2.79. The Bertz CT molecular complexity index is 372. The van der Waals surface area contributed by atoms with Crippen molar-refractivity contribution in [1.29, 1.82) is 0 Å². The molecule has 0 heterocycles. The van der Waals surface area contributed by atoms with Crippen LogP contribution in [0.1, 0.15) is 36.0 Å². The van der Waals surface area contributed by atoms with Crippen LogP contribution in [0.25, 0.3) is 0 Å². The number of thioether (sulfide) groups is 1. The lowest BCUT2D eigenvalue weighted by molar-refractivity contribution is 0.0963. The first-order valence-corrected chi connectivity index (χ1v) is 6.66. The summed E-state index contributed by atoms with van der Waals surface area (Å²) in [7, 11) is 1.67. The van der Waals surface area contributed by atoms with Crippen LogP contribution < -0.4 is 5.32 Å². The summed E-state index contributed by atoms with van der Waals surface area (Å²) < 4.78 is 0. The topological polar surface area (TPSA) is 29.1 Å². The number of benzene rings is 1. The Labute approximate surface area is 101 Å². The Morgan fingerprint density at radius 1 is 1.38 bits per heavy atom. The highest BCUT2D eigenvalue weighted by Crippen LogP contribution is 2.34. The fraction of sp³-hybridized carbons (Fsp3) is 0.462. The van der Waals surface area contributed by atoms with Gasteiger partial charge in [0.25, 0.3) is 5.91 Å². The lowest BCUT2D eigenvalue weighted by Gasteiger charge is -2.09. The van der Waals surface area contributed by atoms with Gasteiger partial charge >= 0.3 is 0 Å². The molecule has 1 fully saturated rings. The molecule has 2 nitrogen and oxygen atoms in total. The molecule has 0 unspecified atom stereocenters. The van der Waals surface area contributed by atoms with E-state index in [1.807, 2.05) is 30.0 Å². The lowest BCUT2D eigenvalue weighted by atomic mass is 10.2. The zero-order chi connectivity index (χ0) is 11.4. The van der Waals surface area contributed by atoms with E-state index < -0.39 is 0 Å². The highest BCUT2D eigenvalue weighted by atomic mass is 32.2. The molecule has 1 saturated carbocycles. The van der Waals surface area contributed by atoms with Gasteiger partial charge in [-0.1, -0.05) is 18.9 Å². The molecule has 0 spiro atoms. The smallest absolute Gasteiger partial charge is 0.251 e. The highest BCUT2D eigenvalue weighted by Gasteiger charge is 2.16. The zero-order valence-electron chi connectivity index (χ0n) is 9.53. The Morgan fingerprint density at radius 3 is 2.81 bits per heavy atom. The van der Waals surface area contributed by atoms with Crippen molar-refractivity contribution in [2.24, 2.45) is 0 Å². The Morgan fingerprint density at radius 2 is 2.12 bits per heavy atom. The first kappa shape index (κ1) is 11.5. The molecule has 0 bridgehead atoms. The maximum Gasteiger partial charge on any atom is 0.251 e. The van der Waals surface area contributed by atoms with Crippen LogP contribution >= 0.6 is 11.8 Å². The van der Waals surface area contributed by atoms with E-state index in [2.05, 4.69) is 11.4 Å². The van der Waals surface area contributed by atoms with Crippen molar-refractivity contribution in [2.45, 2.75) is 35.8 Å². The van der Waals surface area contributed by atoms with Crippen molar-refractivity contribution >= 4 is 17.7 Å². The number of hydrogen-bond acceptors (Lipinski definition) is 2. The summed E-state index contributed by atoms with van der Waals surface area (Å²) in [5.74, 6) is -0.00567. The zero-order valence-corrected chi connectivity index (χ0v) is 10.3. The summed E-state index contributed by atoms with van der Waals surface area (Å²) in [6.45, 7) is 0. The molecular formula is C13H17NOS. The van der Waals surface area contributed by atoms with E-state index in [0.29, 0.717) is 0 Å². The largest absolute Gasteiger partial charge is 0.355 e. The summed E-state index contributed by atoms with van der Waals surface area (Å²) in [5.41, 5.74) is 0.755. The van der Waals surface area contributed by atoms with Gasteiger partial charge in [0.05, 0.1) is 0 Å². The minimum absolute atomic E-state index is 0.00567. The molecule has 86 valence electrons. The quantitative estimate of drug-likeness (QED) is 0.872. The minimum atomic E-state index is -0.00567. The summed E-state index contributed by atoms with van der Waals surface area (Å²) in [6, 6.07) is 7.90. The molecule has 1 N–H and O–H groups in total. The van der Waals surface area contributed by atoms with Gasteiger partial charge in [-0.25, -0.2) is 0 Å². The fourth-order valence-corrected chi connectivity index (χ4v) is 3.36. The average Bonchev–Trinajstić information content (AvgIpc) is 2.81. The van der Waals surface area contributed by atoms with Crippen LogP contribution in [0.5, 0.6) is 0 Å². The number of rotatable bonds is 3. The third-order valence-electron chi connectivity index (χ3n) is 2.93. The van der Waals surface area contributed by atoms with E-state index in [4.69, 9.17) is 0 Å². The van der Waals surface area contributed by atoms with E-state index in [9.17, 15) is 4.79 Å². The number of carbonyl (C=O) groups is 1. The molecule has 1 amide bonds. The van der Waals surface area contributed by atoms with Crippen molar-refractivity contribution in [3.63, 3.8) is 0 Å². The van der Waals surface area contributed by atoms with Gasteiger partial charge in [-0.3, -0.25) is 4.79 Å². The minimum Gasteiger partial charge on any atom is -0.355 e. The monoisotopic (exact) mass is 235 g/mol. The van der Waals surface area contributed by atoms with Crippen molar-refractivity contribution in [2.75, 3.05) is 7.05 Å². The van der Waals surface area contributed by atoms with Gasteiger partial charge in [0, 0.05) is 22.8 Å². The normalized spacial score (nSPS) is 16.3. The first-order valence-electron chi connectivity index (χ1n) is 5.78. The van der Waals surface area contributed by atoms with E-state index in [-0.39, 0.29) is 5.91 Å². The van der Waals surface area contributed by atoms with Crippen LogP contribution in [0.4, 0.5) is 0 Å². The molecule has 1 aliphatic rings. The summed E-state index contributed by atoms with van der Waals surface area (Å²) in [4.78, 5) is 12.7. The molecule has 0 radical (unpaired) electrons. The summed E-state index contributed by atoms with van der Waals surface area (Å²) in [6.07, 6.45) is 5.34. The van der Waals surface area contributed by atoms with Crippen molar-refractivity contribution in [3.05, 3.63) is 29.8 Å². The SMILES string of the molecule is CNC(=O)c1cccc(SC2CCCC2)c1. The van der Waals surface area contributed by atoms with Crippen LogP contribution in [-0.2, 0) is 0 Å². The molecule has 16 heavy (non-hydrogen) atoms. The number of hydrogen-bond donors (Lipinski definition) is 1. The van der Waals surface area contributed by atoms with Gasteiger partial charge in [-0.05, 0) is 31.0 Å². The maximum absolute atomic E-state index is 11.5. The maximum atomic E-state index is 11.5. The molecule has 0 aliphatic heterocycles. The van der Waals surface area contributed by atoms with Gasteiger partial charge < -0.3 is 5.32 Å². The summed E-state index contributed by atoms with van der Waals surface area (Å²) in [5, 5.41) is 3.40. The molecule has 1 aromatic carbocycles. The summed E-state index contributed by atoms with van der Waals surface area (Å²) >= 11 is 1.91. The van der Waals surface area contributed by atoms with Crippen LogP contribution in [0.15, 0.2) is 29.2 Å². The van der Waals surface area contributed by atoms with Gasteiger partial charge in [0.2, 0.25) is 0 Å². The Hall–Kier alpha value is -0.960. The van der Waals surface area contributed by atoms with Crippen LogP contribution in [0.2, 0.25) is 0 Å².